The molecule has 1 aromatic rings. The van der Waals surface area contributed by atoms with Gasteiger partial charge in [0.1, 0.15) is 0 Å². The third-order valence-corrected chi connectivity index (χ3v) is 3.75. The summed E-state index contributed by atoms with van der Waals surface area (Å²) in [5.74, 6) is 0. The number of hydrogen-bond donors (Lipinski definition) is 0. The van der Waals surface area contributed by atoms with E-state index in [2.05, 4.69) is 31.2 Å². The number of halogens is 1. The van der Waals surface area contributed by atoms with E-state index in [1.54, 1.807) is 0 Å². The molecule has 0 aromatic heterocycles. The molecule has 3 unspecified atom stereocenters. The SMILES string of the molecule is CCCCC1CC(Cl)CC(c2ccccc2)O1. The van der Waals surface area contributed by atoms with Crippen molar-refractivity contribution in [3.63, 3.8) is 0 Å². The molecule has 0 saturated carbocycles. The zero-order valence-electron chi connectivity index (χ0n) is 10.4. The predicted octanol–water partition coefficient (Wildman–Crippen LogP) is 4.70. The molecule has 17 heavy (non-hydrogen) atoms. The van der Waals surface area contributed by atoms with Crippen LogP contribution in [0.25, 0.3) is 0 Å². The minimum absolute atomic E-state index is 0.189. The van der Waals surface area contributed by atoms with Crippen LogP contribution >= 0.6 is 11.6 Å². The molecule has 3 atom stereocenters. The Morgan fingerprint density at radius 1 is 1.24 bits per heavy atom. The quantitative estimate of drug-likeness (QED) is 0.706. The molecule has 1 aromatic carbocycles. The number of alkyl halides is 1. The van der Waals surface area contributed by atoms with Gasteiger partial charge in [0.05, 0.1) is 12.2 Å². The molecule has 1 aliphatic rings. The second kappa shape index (κ2) is 6.42. The van der Waals surface area contributed by atoms with Gasteiger partial charge in [-0.3, -0.25) is 0 Å². The van der Waals surface area contributed by atoms with Crippen LogP contribution in [-0.2, 0) is 4.74 Å². The molecule has 2 heteroatoms. The number of ether oxygens (including phenoxy) is 1. The first-order chi connectivity index (χ1) is 8.29. The number of hydrogen-bond acceptors (Lipinski definition) is 1. The summed E-state index contributed by atoms with van der Waals surface area (Å²) >= 11 is 6.35. The maximum atomic E-state index is 6.35. The lowest BCUT2D eigenvalue weighted by molar-refractivity contribution is -0.0538. The summed E-state index contributed by atoms with van der Waals surface area (Å²) in [6.07, 6.45) is 6.08. The van der Waals surface area contributed by atoms with Gasteiger partial charge < -0.3 is 4.74 Å². The van der Waals surface area contributed by atoms with Gasteiger partial charge in [0.2, 0.25) is 0 Å². The van der Waals surface area contributed by atoms with Gasteiger partial charge in [0.25, 0.3) is 0 Å². The summed E-state index contributed by atoms with van der Waals surface area (Å²) in [6, 6.07) is 10.4. The molecule has 1 aliphatic heterocycles. The summed E-state index contributed by atoms with van der Waals surface area (Å²) in [4.78, 5) is 0. The smallest absolute Gasteiger partial charge is 0.0842 e. The van der Waals surface area contributed by atoms with E-state index in [0.717, 1.165) is 19.3 Å². The van der Waals surface area contributed by atoms with Crippen molar-refractivity contribution in [2.24, 2.45) is 0 Å². The van der Waals surface area contributed by atoms with Crippen molar-refractivity contribution in [2.45, 2.75) is 56.6 Å². The molecule has 1 saturated heterocycles. The lowest BCUT2D eigenvalue weighted by Crippen LogP contribution is -2.28. The van der Waals surface area contributed by atoms with Crippen LogP contribution in [0.15, 0.2) is 30.3 Å². The van der Waals surface area contributed by atoms with Gasteiger partial charge in [0.15, 0.2) is 0 Å². The summed E-state index contributed by atoms with van der Waals surface area (Å²) in [5.41, 5.74) is 1.26. The molecule has 1 nitrogen and oxygen atoms in total. The Kier molecular flexibility index (Phi) is 4.87. The zero-order valence-corrected chi connectivity index (χ0v) is 11.2. The highest BCUT2D eigenvalue weighted by Gasteiger charge is 2.28. The van der Waals surface area contributed by atoms with Gasteiger partial charge in [0, 0.05) is 5.38 Å². The fraction of sp³-hybridized carbons (Fsp3) is 0.600. The minimum Gasteiger partial charge on any atom is -0.370 e. The van der Waals surface area contributed by atoms with E-state index in [1.807, 2.05) is 6.07 Å². The van der Waals surface area contributed by atoms with Gasteiger partial charge in [-0.25, -0.2) is 0 Å². The zero-order chi connectivity index (χ0) is 12.1. The van der Waals surface area contributed by atoms with Crippen LogP contribution in [0.2, 0.25) is 0 Å². The van der Waals surface area contributed by atoms with Gasteiger partial charge in [-0.2, -0.15) is 0 Å². The molecule has 1 fully saturated rings. The molecule has 0 N–H and O–H groups in total. The van der Waals surface area contributed by atoms with Gasteiger partial charge in [-0.05, 0) is 24.8 Å². The molecule has 1 heterocycles. The summed E-state index contributed by atoms with van der Waals surface area (Å²) in [7, 11) is 0. The maximum Gasteiger partial charge on any atom is 0.0842 e. The molecule has 0 bridgehead atoms. The van der Waals surface area contributed by atoms with Crippen molar-refractivity contribution in [3.8, 4) is 0 Å². The Morgan fingerprint density at radius 3 is 2.71 bits per heavy atom. The lowest BCUT2D eigenvalue weighted by atomic mass is 9.96. The average molecular weight is 253 g/mol. The fourth-order valence-corrected chi connectivity index (χ4v) is 2.82. The highest BCUT2D eigenvalue weighted by atomic mass is 35.5. The van der Waals surface area contributed by atoms with Crippen molar-refractivity contribution in [1.29, 1.82) is 0 Å². The van der Waals surface area contributed by atoms with E-state index >= 15 is 0 Å². The number of rotatable bonds is 4. The Morgan fingerprint density at radius 2 is 2.00 bits per heavy atom. The summed E-state index contributed by atoms with van der Waals surface area (Å²) in [5, 5.41) is 0.260. The Hall–Kier alpha value is -0.530. The van der Waals surface area contributed by atoms with Crippen molar-refractivity contribution < 1.29 is 4.74 Å². The average Bonchev–Trinajstić information content (AvgIpc) is 2.37. The van der Waals surface area contributed by atoms with E-state index in [0.29, 0.717) is 6.10 Å². The summed E-state index contributed by atoms with van der Waals surface area (Å²) in [6.45, 7) is 2.22. The topological polar surface area (TPSA) is 9.23 Å². The summed E-state index contributed by atoms with van der Waals surface area (Å²) < 4.78 is 6.16. The van der Waals surface area contributed by atoms with Crippen LogP contribution in [0.4, 0.5) is 0 Å². The Balaban J connectivity index is 1.98. The van der Waals surface area contributed by atoms with Crippen molar-refractivity contribution in [1.82, 2.24) is 0 Å². The molecule has 2 rings (SSSR count). The molecule has 94 valence electrons. The standard InChI is InChI=1S/C15H21ClO/c1-2-3-9-14-10-13(16)11-15(17-14)12-7-5-4-6-8-12/h4-8,13-15H,2-3,9-11H2,1H3. The Bertz CT molecular complexity index is 325. The second-order valence-corrected chi connectivity index (χ2v) is 5.49. The van der Waals surface area contributed by atoms with E-state index in [4.69, 9.17) is 16.3 Å². The third kappa shape index (κ3) is 3.72. The lowest BCUT2D eigenvalue weighted by Gasteiger charge is -2.33. The second-order valence-electron chi connectivity index (χ2n) is 4.87. The predicted molar refractivity (Wildman–Crippen MR) is 72.5 cm³/mol. The molecule has 0 spiro atoms. The molecule has 0 aliphatic carbocycles. The van der Waals surface area contributed by atoms with Gasteiger partial charge in [-0.1, -0.05) is 50.1 Å². The monoisotopic (exact) mass is 252 g/mol. The minimum atomic E-state index is 0.189. The van der Waals surface area contributed by atoms with E-state index in [9.17, 15) is 0 Å². The highest BCUT2D eigenvalue weighted by molar-refractivity contribution is 6.20. The van der Waals surface area contributed by atoms with E-state index < -0.39 is 0 Å². The number of unbranched alkanes of at least 4 members (excludes halogenated alkanes) is 1. The van der Waals surface area contributed by atoms with Crippen molar-refractivity contribution in [2.75, 3.05) is 0 Å². The van der Waals surface area contributed by atoms with Crippen LogP contribution in [0.1, 0.15) is 50.7 Å². The first kappa shape index (κ1) is 12.9. The normalized spacial score (nSPS) is 29.2. The van der Waals surface area contributed by atoms with Crippen LogP contribution in [0.5, 0.6) is 0 Å². The van der Waals surface area contributed by atoms with Crippen molar-refractivity contribution in [3.05, 3.63) is 35.9 Å². The molecular formula is C15H21ClO. The van der Waals surface area contributed by atoms with Crippen LogP contribution < -0.4 is 0 Å². The van der Waals surface area contributed by atoms with Crippen molar-refractivity contribution >= 4 is 11.6 Å². The molecular weight excluding hydrogens is 232 g/mol. The largest absolute Gasteiger partial charge is 0.370 e. The van der Waals surface area contributed by atoms with Crippen LogP contribution in [0, 0.1) is 0 Å². The third-order valence-electron chi connectivity index (χ3n) is 3.40. The van der Waals surface area contributed by atoms with Gasteiger partial charge in [-0.15, -0.1) is 11.6 Å². The van der Waals surface area contributed by atoms with Crippen LogP contribution in [0.3, 0.4) is 0 Å². The van der Waals surface area contributed by atoms with E-state index in [1.165, 1.54) is 18.4 Å². The molecule has 0 amide bonds. The Labute approximate surface area is 109 Å². The highest BCUT2D eigenvalue weighted by Crippen LogP contribution is 2.35. The van der Waals surface area contributed by atoms with E-state index in [-0.39, 0.29) is 11.5 Å². The van der Waals surface area contributed by atoms with Gasteiger partial charge >= 0.3 is 0 Å². The first-order valence-electron chi connectivity index (χ1n) is 6.64. The first-order valence-corrected chi connectivity index (χ1v) is 7.07. The number of benzene rings is 1. The maximum absolute atomic E-state index is 6.35. The molecule has 0 radical (unpaired) electrons. The van der Waals surface area contributed by atoms with Crippen LogP contribution in [-0.4, -0.2) is 11.5 Å². The fourth-order valence-electron chi connectivity index (χ4n) is 2.46.